The van der Waals surface area contributed by atoms with Crippen molar-refractivity contribution in [2.24, 2.45) is 0 Å². The van der Waals surface area contributed by atoms with Crippen LogP contribution in [0.25, 0.3) is 0 Å². The Labute approximate surface area is 124 Å². The molecule has 98 valence electrons. The van der Waals surface area contributed by atoms with E-state index in [1.165, 1.54) is 6.07 Å². The van der Waals surface area contributed by atoms with Gasteiger partial charge in [0, 0.05) is 6.07 Å². The molecule has 3 nitrogen and oxygen atoms in total. The summed E-state index contributed by atoms with van der Waals surface area (Å²) >= 11 is 23.3. The summed E-state index contributed by atoms with van der Waals surface area (Å²) < 4.78 is 9.85. The van der Waals surface area contributed by atoms with Gasteiger partial charge in [-0.05, 0) is 13.5 Å². The average molecular weight is 330 g/mol. The molecule has 1 rings (SSSR count). The van der Waals surface area contributed by atoms with E-state index in [9.17, 15) is 4.79 Å². The summed E-state index contributed by atoms with van der Waals surface area (Å²) in [6.45, 7) is 5.28. The Hall–Kier alpha value is -0.610. The fourth-order valence-electron chi connectivity index (χ4n) is 1.01. The summed E-state index contributed by atoms with van der Waals surface area (Å²) in [5, 5.41) is 0.337. The molecule has 0 aromatic heterocycles. The SMILES string of the molecule is C=C(Oc1cc(Cl)c(Cl)c(Cl)c1Cl)C(=O)OCC. The lowest BCUT2D eigenvalue weighted by Crippen LogP contribution is -2.11. The minimum absolute atomic E-state index is 0.0384. The van der Waals surface area contributed by atoms with Crippen molar-refractivity contribution in [3.05, 3.63) is 38.5 Å². The minimum atomic E-state index is -0.698. The highest BCUT2D eigenvalue weighted by atomic mass is 35.5. The van der Waals surface area contributed by atoms with Gasteiger partial charge < -0.3 is 9.47 Å². The van der Waals surface area contributed by atoms with Gasteiger partial charge in [0.15, 0.2) is 0 Å². The van der Waals surface area contributed by atoms with Crippen molar-refractivity contribution >= 4 is 52.4 Å². The summed E-state index contributed by atoms with van der Waals surface area (Å²) in [5.74, 6) is -0.849. The van der Waals surface area contributed by atoms with E-state index in [-0.39, 0.29) is 38.2 Å². The zero-order chi connectivity index (χ0) is 13.9. The van der Waals surface area contributed by atoms with Gasteiger partial charge >= 0.3 is 5.97 Å². The van der Waals surface area contributed by atoms with E-state index in [4.69, 9.17) is 55.9 Å². The van der Waals surface area contributed by atoms with E-state index in [2.05, 4.69) is 6.58 Å². The normalized spacial score (nSPS) is 10.1. The molecule has 0 amide bonds. The van der Waals surface area contributed by atoms with Crippen molar-refractivity contribution in [1.82, 2.24) is 0 Å². The first-order valence-corrected chi connectivity index (χ1v) is 6.26. The molecule has 0 saturated carbocycles. The van der Waals surface area contributed by atoms with Gasteiger partial charge in [-0.3, -0.25) is 0 Å². The lowest BCUT2D eigenvalue weighted by molar-refractivity contribution is -0.140. The summed E-state index contributed by atoms with van der Waals surface area (Å²) in [4.78, 5) is 11.3. The third kappa shape index (κ3) is 3.45. The largest absolute Gasteiger partial charge is 0.460 e. The topological polar surface area (TPSA) is 35.5 Å². The molecule has 1 aromatic carbocycles. The first kappa shape index (κ1) is 15.4. The molecule has 1 aromatic rings. The average Bonchev–Trinajstić information content (AvgIpc) is 2.33. The molecule has 18 heavy (non-hydrogen) atoms. The Morgan fingerprint density at radius 2 is 1.83 bits per heavy atom. The second-order valence-electron chi connectivity index (χ2n) is 3.04. The van der Waals surface area contributed by atoms with E-state index in [0.29, 0.717) is 0 Å². The van der Waals surface area contributed by atoms with Crippen LogP contribution < -0.4 is 4.74 Å². The fourth-order valence-corrected chi connectivity index (χ4v) is 1.83. The summed E-state index contributed by atoms with van der Waals surface area (Å²) in [6.07, 6.45) is 0. The highest BCUT2D eigenvalue weighted by molar-refractivity contribution is 6.52. The lowest BCUT2D eigenvalue weighted by Gasteiger charge is -2.11. The van der Waals surface area contributed by atoms with Crippen molar-refractivity contribution in [3.8, 4) is 5.75 Å². The number of rotatable bonds is 4. The molecule has 0 unspecified atom stereocenters. The quantitative estimate of drug-likeness (QED) is 0.263. The maximum atomic E-state index is 11.3. The maximum absolute atomic E-state index is 11.3. The molecular weight excluding hydrogens is 322 g/mol. The van der Waals surface area contributed by atoms with Gasteiger partial charge in [0.1, 0.15) is 10.8 Å². The molecule has 0 aliphatic carbocycles. The number of benzene rings is 1. The second-order valence-corrected chi connectivity index (χ2v) is 4.59. The van der Waals surface area contributed by atoms with Crippen LogP contribution >= 0.6 is 46.4 Å². The summed E-state index contributed by atoms with van der Waals surface area (Å²) in [5.41, 5.74) is 0. The Morgan fingerprint density at radius 1 is 1.22 bits per heavy atom. The third-order valence-electron chi connectivity index (χ3n) is 1.81. The Balaban J connectivity index is 2.99. The van der Waals surface area contributed by atoms with Crippen LogP contribution in [0.5, 0.6) is 5.75 Å². The molecule has 7 heteroatoms. The van der Waals surface area contributed by atoms with E-state index >= 15 is 0 Å². The van der Waals surface area contributed by atoms with Crippen LogP contribution in [-0.4, -0.2) is 12.6 Å². The zero-order valence-corrected chi connectivity index (χ0v) is 12.3. The van der Waals surface area contributed by atoms with Crippen LogP contribution in [0.1, 0.15) is 6.92 Å². The van der Waals surface area contributed by atoms with Crippen LogP contribution in [0, 0.1) is 0 Å². The highest BCUT2D eigenvalue weighted by Crippen LogP contribution is 2.42. The van der Waals surface area contributed by atoms with Gasteiger partial charge in [-0.1, -0.05) is 46.4 Å². The van der Waals surface area contributed by atoms with Crippen molar-refractivity contribution < 1.29 is 14.3 Å². The maximum Gasteiger partial charge on any atom is 0.373 e. The summed E-state index contributed by atoms with van der Waals surface area (Å²) in [7, 11) is 0. The first-order valence-electron chi connectivity index (χ1n) is 4.75. The highest BCUT2D eigenvalue weighted by Gasteiger charge is 2.18. The predicted octanol–water partition coefficient (Wildman–Crippen LogP) is 4.76. The van der Waals surface area contributed by atoms with Gasteiger partial charge in [-0.25, -0.2) is 4.79 Å². The van der Waals surface area contributed by atoms with Gasteiger partial charge in [-0.15, -0.1) is 0 Å². The molecule has 0 fully saturated rings. The van der Waals surface area contributed by atoms with Crippen LogP contribution in [-0.2, 0) is 9.53 Å². The minimum Gasteiger partial charge on any atom is -0.460 e. The van der Waals surface area contributed by atoms with E-state index < -0.39 is 5.97 Å². The van der Waals surface area contributed by atoms with Crippen LogP contribution in [0.2, 0.25) is 20.1 Å². The Kier molecular flexibility index (Phi) is 5.60. The zero-order valence-electron chi connectivity index (χ0n) is 9.23. The summed E-state index contributed by atoms with van der Waals surface area (Å²) in [6, 6.07) is 1.34. The smallest absolute Gasteiger partial charge is 0.373 e. The number of carbonyl (C=O) groups excluding carboxylic acids is 1. The molecule has 0 heterocycles. The molecule has 0 aliphatic heterocycles. The first-order chi connectivity index (χ1) is 8.38. The number of esters is 1. The molecule has 0 N–H and O–H groups in total. The fraction of sp³-hybridized carbons (Fsp3) is 0.182. The molecule has 0 aliphatic rings. The number of hydrogen-bond donors (Lipinski definition) is 0. The molecule has 0 spiro atoms. The van der Waals surface area contributed by atoms with Gasteiger partial charge in [0.05, 0.1) is 21.7 Å². The van der Waals surface area contributed by atoms with E-state index in [0.717, 1.165) is 0 Å². The molecule has 0 saturated heterocycles. The third-order valence-corrected chi connectivity index (χ3v) is 3.54. The van der Waals surface area contributed by atoms with Gasteiger partial charge in [-0.2, -0.15) is 0 Å². The standard InChI is InChI=1S/C11H8Cl4O3/c1-3-17-11(16)5(2)18-7-4-6(12)8(13)10(15)9(7)14/h4H,2-3H2,1H3. The van der Waals surface area contributed by atoms with Crippen molar-refractivity contribution in [2.45, 2.75) is 6.92 Å². The van der Waals surface area contributed by atoms with Crippen molar-refractivity contribution in [2.75, 3.05) is 6.61 Å². The number of ether oxygens (including phenoxy) is 2. The number of carbonyl (C=O) groups is 1. The van der Waals surface area contributed by atoms with Gasteiger partial charge in [0.2, 0.25) is 5.76 Å². The van der Waals surface area contributed by atoms with Crippen molar-refractivity contribution in [3.63, 3.8) is 0 Å². The monoisotopic (exact) mass is 328 g/mol. The predicted molar refractivity (Wildman–Crippen MR) is 72.9 cm³/mol. The van der Waals surface area contributed by atoms with Crippen LogP contribution in [0.4, 0.5) is 0 Å². The lowest BCUT2D eigenvalue weighted by atomic mass is 10.3. The van der Waals surface area contributed by atoms with Crippen LogP contribution in [0.15, 0.2) is 18.4 Å². The molecule has 0 bridgehead atoms. The van der Waals surface area contributed by atoms with E-state index in [1.807, 2.05) is 0 Å². The Morgan fingerprint density at radius 3 is 2.39 bits per heavy atom. The van der Waals surface area contributed by atoms with E-state index in [1.54, 1.807) is 6.92 Å². The molecular formula is C11H8Cl4O3. The van der Waals surface area contributed by atoms with Crippen molar-refractivity contribution in [1.29, 1.82) is 0 Å². The second kappa shape index (κ2) is 6.53. The molecule has 0 atom stereocenters. The number of halogens is 4. The number of hydrogen-bond acceptors (Lipinski definition) is 3. The van der Waals surface area contributed by atoms with Gasteiger partial charge in [0.25, 0.3) is 0 Å². The Bertz CT molecular complexity index is 500. The van der Waals surface area contributed by atoms with Crippen LogP contribution in [0.3, 0.4) is 0 Å². The molecule has 0 radical (unpaired) electrons.